The van der Waals surface area contributed by atoms with E-state index in [4.69, 9.17) is 4.74 Å². The predicted molar refractivity (Wildman–Crippen MR) is 99.1 cm³/mol. The van der Waals surface area contributed by atoms with E-state index in [0.717, 1.165) is 5.56 Å². The van der Waals surface area contributed by atoms with Crippen molar-refractivity contribution < 1.29 is 19.0 Å². The molecule has 1 N–H and O–H groups in total. The van der Waals surface area contributed by atoms with Crippen LogP contribution in [0.4, 0.5) is 4.39 Å². The van der Waals surface area contributed by atoms with Crippen molar-refractivity contribution >= 4 is 17.6 Å². The molecule has 0 fully saturated rings. The number of halogens is 1. The zero-order valence-electron chi connectivity index (χ0n) is 13.9. The second-order valence-electron chi connectivity index (χ2n) is 5.68. The molecule has 26 heavy (non-hydrogen) atoms. The molecule has 3 aromatic carbocycles. The third-order valence-electron chi connectivity index (χ3n) is 3.86. The first-order chi connectivity index (χ1) is 12.6. The minimum Gasteiger partial charge on any atom is -0.489 e. The van der Waals surface area contributed by atoms with Gasteiger partial charge in [-0.1, -0.05) is 60.7 Å². The summed E-state index contributed by atoms with van der Waals surface area (Å²) in [7, 11) is 0. The van der Waals surface area contributed by atoms with Gasteiger partial charge in [0.1, 0.15) is 18.2 Å². The quantitative estimate of drug-likeness (QED) is 0.502. The van der Waals surface area contributed by atoms with Crippen LogP contribution < -0.4 is 4.74 Å². The third kappa shape index (κ3) is 4.36. The van der Waals surface area contributed by atoms with Crippen molar-refractivity contribution in [3.63, 3.8) is 0 Å². The van der Waals surface area contributed by atoms with Gasteiger partial charge in [-0.15, -0.1) is 0 Å². The molecule has 3 nitrogen and oxygen atoms in total. The largest absolute Gasteiger partial charge is 0.489 e. The Morgan fingerprint density at radius 3 is 2.23 bits per heavy atom. The summed E-state index contributed by atoms with van der Waals surface area (Å²) in [4.78, 5) is 11.5. The first-order valence-corrected chi connectivity index (χ1v) is 8.10. The summed E-state index contributed by atoms with van der Waals surface area (Å²) in [5.41, 5.74) is 2.07. The monoisotopic (exact) mass is 348 g/mol. The molecule has 0 unspecified atom stereocenters. The Labute approximate surface area is 151 Å². The van der Waals surface area contributed by atoms with Crippen molar-refractivity contribution in [2.75, 3.05) is 0 Å². The minimum absolute atomic E-state index is 0.131. The van der Waals surface area contributed by atoms with E-state index in [1.807, 2.05) is 6.07 Å². The standard InChI is InChI=1S/C22H17FO3/c23-21-9-5-4-8-18(21)15-26-19-12-10-16(11-13-19)14-20(22(24)25)17-6-2-1-3-7-17/h1-14H,15H2,(H,24,25)/b20-14-. The van der Waals surface area contributed by atoms with Crippen LogP contribution in [0.5, 0.6) is 5.75 Å². The van der Waals surface area contributed by atoms with Gasteiger partial charge in [0.05, 0.1) is 5.57 Å². The number of carboxylic acid groups (broad SMARTS) is 1. The maximum atomic E-state index is 13.6. The zero-order chi connectivity index (χ0) is 18.4. The van der Waals surface area contributed by atoms with Gasteiger partial charge in [-0.25, -0.2) is 9.18 Å². The van der Waals surface area contributed by atoms with Gasteiger partial charge in [-0.3, -0.25) is 0 Å². The van der Waals surface area contributed by atoms with Gasteiger partial charge >= 0.3 is 5.97 Å². The molecular weight excluding hydrogens is 331 g/mol. The molecule has 0 bridgehead atoms. The molecule has 0 saturated heterocycles. The Kier molecular flexibility index (Phi) is 5.44. The maximum Gasteiger partial charge on any atom is 0.336 e. The van der Waals surface area contributed by atoms with Crippen molar-refractivity contribution in [3.8, 4) is 5.75 Å². The molecule has 0 radical (unpaired) electrons. The summed E-state index contributed by atoms with van der Waals surface area (Å²) in [5.74, 6) is -0.709. The molecule has 4 heteroatoms. The van der Waals surface area contributed by atoms with Crippen molar-refractivity contribution in [3.05, 3.63) is 101 Å². The van der Waals surface area contributed by atoms with Crippen molar-refractivity contribution in [1.29, 1.82) is 0 Å². The van der Waals surface area contributed by atoms with Crippen molar-refractivity contribution in [2.24, 2.45) is 0 Å². The SMILES string of the molecule is O=C(O)/C(=C\c1ccc(OCc2ccccc2F)cc1)c1ccccc1. The topological polar surface area (TPSA) is 46.5 Å². The van der Waals surface area contributed by atoms with E-state index in [0.29, 0.717) is 16.9 Å². The highest BCUT2D eigenvalue weighted by Crippen LogP contribution is 2.21. The Bertz CT molecular complexity index is 916. The number of benzene rings is 3. The van der Waals surface area contributed by atoms with Crippen LogP contribution in [0.15, 0.2) is 78.9 Å². The maximum absolute atomic E-state index is 13.6. The Hall–Kier alpha value is -3.40. The van der Waals surface area contributed by atoms with Crippen LogP contribution in [0.25, 0.3) is 11.6 Å². The van der Waals surface area contributed by atoms with Crippen LogP contribution in [-0.2, 0) is 11.4 Å². The summed E-state index contributed by atoms with van der Waals surface area (Å²) in [6.07, 6.45) is 1.61. The molecule has 0 spiro atoms. The fraction of sp³-hybridized carbons (Fsp3) is 0.0455. The first-order valence-electron chi connectivity index (χ1n) is 8.10. The van der Waals surface area contributed by atoms with Crippen LogP contribution >= 0.6 is 0 Å². The van der Waals surface area contributed by atoms with E-state index in [1.165, 1.54) is 6.07 Å². The molecule has 130 valence electrons. The molecule has 0 atom stereocenters. The first kappa shape index (κ1) is 17.4. The lowest BCUT2D eigenvalue weighted by molar-refractivity contribution is -0.130. The van der Waals surface area contributed by atoms with Gasteiger partial charge in [0, 0.05) is 5.56 Å². The van der Waals surface area contributed by atoms with Gasteiger partial charge < -0.3 is 9.84 Å². The summed E-state index contributed by atoms with van der Waals surface area (Å²) < 4.78 is 19.2. The molecule has 0 aliphatic rings. The number of carbonyl (C=O) groups is 1. The summed E-state index contributed by atoms with van der Waals surface area (Å²) in [5, 5.41) is 9.45. The average molecular weight is 348 g/mol. The van der Waals surface area contributed by atoms with E-state index >= 15 is 0 Å². The molecule has 0 saturated carbocycles. The fourth-order valence-electron chi connectivity index (χ4n) is 2.49. The lowest BCUT2D eigenvalue weighted by Crippen LogP contribution is -1.99. The number of aliphatic carboxylic acids is 1. The van der Waals surface area contributed by atoms with Gasteiger partial charge in [0.25, 0.3) is 0 Å². The zero-order valence-corrected chi connectivity index (χ0v) is 13.9. The second-order valence-corrected chi connectivity index (χ2v) is 5.68. The Balaban J connectivity index is 1.74. The Morgan fingerprint density at radius 1 is 0.923 bits per heavy atom. The van der Waals surface area contributed by atoms with Gasteiger partial charge in [0.15, 0.2) is 0 Å². The molecule has 0 heterocycles. The van der Waals surface area contributed by atoms with Crippen LogP contribution in [-0.4, -0.2) is 11.1 Å². The van der Waals surface area contributed by atoms with E-state index in [-0.39, 0.29) is 18.0 Å². The summed E-state index contributed by atoms with van der Waals surface area (Å²) in [6, 6.07) is 22.4. The second kappa shape index (κ2) is 8.12. The number of hydrogen-bond acceptors (Lipinski definition) is 2. The third-order valence-corrected chi connectivity index (χ3v) is 3.86. The molecule has 3 rings (SSSR count). The molecule has 0 aliphatic heterocycles. The number of hydrogen-bond donors (Lipinski definition) is 1. The lowest BCUT2D eigenvalue weighted by atomic mass is 10.0. The van der Waals surface area contributed by atoms with Crippen LogP contribution in [0.1, 0.15) is 16.7 Å². The fourth-order valence-corrected chi connectivity index (χ4v) is 2.49. The number of ether oxygens (including phenoxy) is 1. The number of carboxylic acids is 1. The van der Waals surface area contributed by atoms with Gasteiger partial charge in [-0.05, 0) is 35.4 Å². The number of rotatable bonds is 6. The van der Waals surface area contributed by atoms with Crippen LogP contribution in [0.2, 0.25) is 0 Å². The molecule has 0 amide bonds. The van der Waals surface area contributed by atoms with E-state index < -0.39 is 5.97 Å². The summed E-state index contributed by atoms with van der Waals surface area (Å²) >= 11 is 0. The average Bonchev–Trinajstić information content (AvgIpc) is 2.67. The van der Waals surface area contributed by atoms with Crippen molar-refractivity contribution in [1.82, 2.24) is 0 Å². The highest BCUT2D eigenvalue weighted by Gasteiger charge is 2.10. The molecular formula is C22H17FO3. The van der Waals surface area contributed by atoms with Gasteiger partial charge in [-0.2, -0.15) is 0 Å². The van der Waals surface area contributed by atoms with Crippen LogP contribution in [0, 0.1) is 5.82 Å². The predicted octanol–water partition coefficient (Wildman–Crippen LogP) is 5.03. The Morgan fingerprint density at radius 2 is 1.58 bits per heavy atom. The van der Waals surface area contributed by atoms with Gasteiger partial charge in [0.2, 0.25) is 0 Å². The van der Waals surface area contributed by atoms with E-state index in [1.54, 1.807) is 72.8 Å². The van der Waals surface area contributed by atoms with Crippen molar-refractivity contribution in [2.45, 2.75) is 6.61 Å². The molecule has 0 aromatic heterocycles. The summed E-state index contributed by atoms with van der Waals surface area (Å²) in [6.45, 7) is 0.131. The van der Waals surface area contributed by atoms with Crippen LogP contribution in [0.3, 0.4) is 0 Å². The highest BCUT2D eigenvalue weighted by molar-refractivity contribution is 6.20. The molecule has 3 aromatic rings. The lowest BCUT2D eigenvalue weighted by Gasteiger charge is -2.08. The van der Waals surface area contributed by atoms with E-state index in [2.05, 4.69) is 0 Å². The molecule has 0 aliphatic carbocycles. The smallest absolute Gasteiger partial charge is 0.336 e. The minimum atomic E-state index is -0.990. The normalized spacial score (nSPS) is 11.2. The highest BCUT2D eigenvalue weighted by atomic mass is 19.1. The van der Waals surface area contributed by atoms with E-state index in [9.17, 15) is 14.3 Å².